The Bertz CT molecular complexity index is 739. The van der Waals surface area contributed by atoms with Crippen molar-refractivity contribution in [2.75, 3.05) is 16.8 Å². The number of carbonyl (C=O) groups excluding carboxylic acids is 2. The van der Waals surface area contributed by atoms with E-state index in [2.05, 4.69) is 5.32 Å². The molecule has 4 heteroatoms. The predicted octanol–water partition coefficient (Wildman–Crippen LogP) is 4.27. The second-order valence-electron chi connectivity index (χ2n) is 6.47. The molecule has 0 heterocycles. The maximum atomic E-state index is 13.0. The Hall–Kier alpha value is -2.62. The first-order chi connectivity index (χ1) is 11.9. The first kappa shape index (κ1) is 18.7. The van der Waals surface area contributed by atoms with Crippen LogP contribution in [0.2, 0.25) is 0 Å². The Kier molecular flexibility index (Phi) is 5.97. The Balaban J connectivity index is 2.23. The van der Waals surface area contributed by atoms with Gasteiger partial charge in [0.05, 0.1) is 0 Å². The lowest BCUT2D eigenvalue weighted by atomic mass is 9.89. The molecule has 0 saturated heterocycles. The van der Waals surface area contributed by atoms with E-state index in [1.54, 1.807) is 18.7 Å². The smallest absolute Gasteiger partial charge is 0.242 e. The standard InChI is InChI=1S/C21H26N2O2/c1-5-16-12-10-11-15-18(16)22-19(24)21(3,4)20(25)23(6-2)17-13-8-7-9-14-17/h7-15H,5-6H2,1-4H3,(H,22,24). The van der Waals surface area contributed by atoms with E-state index < -0.39 is 5.41 Å². The Morgan fingerprint density at radius 1 is 0.960 bits per heavy atom. The maximum Gasteiger partial charge on any atom is 0.242 e. The number of anilines is 2. The average molecular weight is 338 g/mol. The van der Waals surface area contributed by atoms with Crippen LogP contribution in [0.5, 0.6) is 0 Å². The summed E-state index contributed by atoms with van der Waals surface area (Å²) in [7, 11) is 0. The van der Waals surface area contributed by atoms with Crippen LogP contribution in [0.15, 0.2) is 54.6 Å². The summed E-state index contributed by atoms with van der Waals surface area (Å²) in [6, 6.07) is 17.1. The van der Waals surface area contributed by atoms with Gasteiger partial charge in [0.1, 0.15) is 5.41 Å². The lowest BCUT2D eigenvalue weighted by molar-refractivity contribution is -0.136. The van der Waals surface area contributed by atoms with Crippen LogP contribution in [0, 0.1) is 5.41 Å². The van der Waals surface area contributed by atoms with Gasteiger partial charge in [-0.2, -0.15) is 0 Å². The van der Waals surface area contributed by atoms with E-state index in [1.807, 2.05) is 68.4 Å². The molecule has 0 aromatic heterocycles. The quantitative estimate of drug-likeness (QED) is 0.800. The molecule has 1 N–H and O–H groups in total. The third kappa shape index (κ3) is 4.08. The molecule has 0 unspecified atom stereocenters. The highest BCUT2D eigenvalue weighted by Crippen LogP contribution is 2.26. The third-order valence-corrected chi connectivity index (χ3v) is 4.38. The number of hydrogen-bond acceptors (Lipinski definition) is 2. The Labute approximate surface area is 149 Å². The van der Waals surface area contributed by atoms with E-state index in [-0.39, 0.29) is 11.8 Å². The summed E-state index contributed by atoms with van der Waals surface area (Å²) in [6.07, 6.45) is 0.815. The van der Waals surface area contributed by atoms with Crippen molar-refractivity contribution in [3.8, 4) is 0 Å². The van der Waals surface area contributed by atoms with Crippen molar-refractivity contribution in [3.05, 3.63) is 60.2 Å². The number of benzene rings is 2. The summed E-state index contributed by atoms with van der Waals surface area (Å²) in [4.78, 5) is 27.5. The van der Waals surface area contributed by atoms with Crippen LogP contribution >= 0.6 is 0 Å². The van der Waals surface area contributed by atoms with Crippen LogP contribution in [-0.4, -0.2) is 18.4 Å². The number of nitrogens with zero attached hydrogens (tertiary/aromatic N) is 1. The Morgan fingerprint density at radius 3 is 2.16 bits per heavy atom. The van der Waals surface area contributed by atoms with Gasteiger partial charge in [-0.3, -0.25) is 9.59 Å². The highest BCUT2D eigenvalue weighted by atomic mass is 16.2. The van der Waals surface area contributed by atoms with Crippen LogP contribution in [-0.2, 0) is 16.0 Å². The van der Waals surface area contributed by atoms with Crippen molar-refractivity contribution < 1.29 is 9.59 Å². The van der Waals surface area contributed by atoms with Crippen molar-refractivity contribution in [2.45, 2.75) is 34.1 Å². The number of amides is 2. The molecule has 25 heavy (non-hydrogen) atoms. The molecule has 0 aliphatic rings. The van der Waals surface area contributed by atoms with Crippen LogP contribution in [0.3, 0.4) is 0 Å². The molecule has 0 spiro atoms. The summed E-state index contributed by atoms with van der Waals surface area (Å²) in [5.74, 6) is -0.513. The normalized spacial score (nSPS) is 11.0. The van der Waals surface area contributed by atoms with E-state index in [9.17, 15) is 9.59 Å². The molecule has 0 aliphatic carbocycles. The molecule has 0 atom stereocenters. The van der Waals surface area contributed by atoms with E-state index in [4.69, 9.17) is 0 Å². The van der Waals surface area contributed by atoms with Gasteiger partial charge in [0.2, 0.25) is 11.8 Å². The molecule has 0 saturated carbocycles. The van der Waals surface area contributed by atoms with Gasteiger partial charge in [-0.05, 0) is 51.0 Å². The minimum Gasteiger partial charge on any atom is -0.325 e. The molecule has 4 nitrogen and oxygen atoms in total. The second kappa shape index (κ2) is 7.97. The van der Waals surface area contributed by atoms with Gasteiger partial charge in [-0.1, -0.05) is 43.3 Å². The number of nitrogens with one attached hydrogen (secondary N) is 1. The van der Waals surface area contributed by atoms with Gasteiger partial charge in [0.15, 0.2) is 0 Å². The molecule has 2 amide bonds. The summed E-state index contributed by atoms with van der Waals surface area (Å²) >= 11 is 0. The van der Waals surface area contributed by atoms with Gasteiger partial charge < -0.3 is 10.2 Å². The monoisotopic (exact) mass is 338 g/mol. The highest BCUT2D eigenvalue weighted by Gasteiger charge is 2.39. The highest BCUT2D eigenvalue weighted by molar-refractivity contribution is 6.15. The van der Waals surface area contributed by atoms with Crippen LogP contribution in [0.1, 0.15) is 33.3 Å². The van der Waals surface area contributed by atoms with Crippen molar-refractivity contribution in [3.63, 3.8) is 0 Å². The van der Waals surface area contributed by atoms with Gasteiger partial charge in [-0.25, -0.2) is 0 Å². The van der Waals surface area contributed by atoms with Gasteiger partial charge in [0.25, 0.3) is 0 Å². The molecule has 0 fully saturated rings. The van der Waals surface area contributed by atoms with Gasteiger partial charge >= 0.3 is 0 Å². The zero-order valence-electron chi connectivity index (χ0n) is 15.4. The third-order valence-electron chi connectivity index (χ3n) is 4.38. The number of para-hydroxylation sites is 2. The van der Waals surface area contributed by atoms with Gasteiger partial charge in [0, 0.05) is 17.9 Å². The first-order valence-corrected chi connectivity index (χ1v) is 8.68. The fourth-order valence-corrected chi connectivity index (χ4v) is 2.72. The van der Waals surface area contributed by atoms with E-state index in [1.165, 1.54) is 0 Å². The minimum absolute atomic E-state index is 0.215. The molecular formula is C21H26N2O2. The van der Waals surface area contributed by atoms with E-state index >= 15 is 0 Å². The lowest BCUT2D eigenvalue weighted by Crippen LogP contribution is -2.47. The molecule has 0 aliphatic heterocycles. The molecule has 0 radical (unpaired) electrons. The minimum atomic E-state index is -1.17. The largest absolute Gasteiger partial charge is 0.325 e. The maximum absolute atomic E-state index is 13.0. The van der Waals surface area contributed by atoms with Gasteiger partial charge in [-0.15, -0.1) is 0 Å². The summed E-state index contributed by atoms with van der Waals surface area (Å²) in [5, 5.41) is 2.93. The summed E-state index contributed by atoms with van der Waals surface area (Å²) in [6.45, 7) is 7.79. The molecular weight excluding hydrogens is 312 g/mol. The summed E-state index contributed by atoms with van der Waals surface area (Å²) in [5.41, 5.74) is 1.44. The second-order valence-corrected chi connectivity index (χ2v) is 6.47. The number of hydrogen-bond donors (Lipinski definition) is 1. The zero-order chi connectivity index (χ0) is 18.4. The van der Waals surface area contributed by atoms with Crippen LogP contribution in [0.25, 0.3) is 0 Å². The van der Waals surface area contributed by atoms with Crippen molar-refractivity contribution in [1.29, 1.82) is 0 Å². The lowest BCUT2D eigenvalue weighted by Gasteiger charge is -2.30. The molecule has 132 valence electrons. The van der Waals surface area contributed by atoms with Crippen molar-refractivity contribution in [1.82, 2.24) is 0 Å². The fourth-order valence-electron chi connectivity index (χ4n) is 2.72. The number of aryl methyl sites for hydroxylation is 1. The topological polar surface area (TPSA) is 49.4 Å². The van der Waals surface area contributed by atoms with Crippen LogP contribution in [0.4, 0.5) is 11.4 Å². The zero-order valence-corrected chi connectivity index (χ0v) is 15.4. The molecule has 2 aromatic rings. The van der Waals surface area contributed by atoms with E-state index in [0.717, 1.165) is 23.4 Å². The molecule has 0 bridgehead atoms. The van der Waals surface area contributed by atoms with Crippen molar-refractivity contribution in [2.24, 2.45) is 5.41 Å². The predicted molar refractivity (Wildman–Crippen MR) is 103 cm³/mol. The summed E-state index contributed by atoms with van der Waals surface area (Å²) < 4.78 is 0. The SMILES string of the molecule is CCc1ccccc1NC(=O)C(C)(C)C(=O)N(CC)c1ccccc1. The van der Waals surface area contributed by atoms with Crippen molar-refractivity contribution >= 4 is 23.2 Å². The number of carbonyl (C=O) groups is 2. The Morgan fingerprint density at radius 2 is 1.56 bits per heavy atom. The van der Waals surface area contributed by atoms with E-state index in [0.29, 0.717) is 6.54 Å². The molecule has 2 aromatic carbocycles. The fraction of sp³-hybridized carbons (Fsp3) is 0.333. The molecule has 2 rings (SSSR count). The number of rotatable bonds is 6. The first-order valence-electron chi connectivity index (χ1n) is 8.68. The van der Waals surface area contributed by atoms with Crippen LogP contribution < -0.4 is 10.2 Å². The average Bonchev–Trinajstić information content (AvgIpc) is 2.63.